The van der Waals surface area contributed by atoms with Gasteiger partial charge < -0.3 is 10.6 Å². The Labute approximate surface area is 123 Å². The van der Waals surface area contributed by atoms with Crippen LogP contribution in [0.3, 0.4) is 0 Å². The number of hydrogen-bond donors (Lipinski definition) is 2. The highest BCUT2D eigenvalue weighted by atomic mass is 16.2. The fourth-order valence-corrected chi connectivity index (χ4v) is 2.53. The molecular weight excluding hydrogens is 272 g/mol. The molecule has 1 saturated heterocycles. The normalized spacial score (nSPS) is 23.8. The number of aliphatic imine (C=N–C) groups is 1. The summed E-state index contributed by atoms with van der Waals surface area (Å²) in [5.41, 5.74) is 6.63. The van der Waals surface area contributed by atoms with Gasteiger partial charge in [-0.2, -0.15) is 0 Å². The second-order valence-corrected chi connectivity index (χ2v) is 5.35. The zero-order chi connectivity index (χ0) is 15.6. The number of imide groups is 1. The monoisotopic (exact) mass is 292 g/mol. The van der Waals surface area contributed by atoms with Crippen molar-refractivity contribution in [3.63, 3.8) is 0 Å². The largest absolute Gasteiger partial charge is 0.404 e. The zero-order valence-corrected chi connectivity index (χ0v) is 12.3. The average Bonchev–Trinajstić information content (AvgIpc) is 3.27. The molecule has 0 bridgehead atoms. The van der Waals surface area contributed by atoms with Gasteiger partial charge in [-0.3, -0.25) is 24.7 Å². The molecule has 1 heterocycles. The molecule has 3 N–H and O–H groups in total. The molecule has 21 heavy (non-hydrogen) atoms. The first kappa shape index (κ1) is 15.2. The minimum Gasteiger partial charge on any atom is -0.404 e. The number of likely N-dealkylation sites (N-methyl/N-ethyl adjacent to an activating group) is 1. The van der Waals surface area contributed by atoms with Crippen LogP contribution >= 0.6 is 0 Å². The number of amides is 3. The molecule has 1 aliphatic heterocycles. The average molecular weight is 292 g/mol. The van der Waals surface area contributed by atoms with Gasteiger partial charge >= 0.3 is 0 Å². The highest BCUT2D eigenvalue weighted by Crippen LogP contribution is 2.33. The minimum atomic E-state index is -0.651. The first-order chi connectivity index (χ1) is 9.99. The van der Waals surface area contributed by atoms with Gasteiger partial charge in [-0.1, -0.05) is 0 Å². The molecule has 2 aliphatic rings. The van der Waals surface area contributed by atoms with Crippen LogP contribution in [-0.2, 0) is 14.4 Å². The first-order valence-corrected chi connectivity index (χ1v) is 6.99. The van der Waals surface area contributed by atoms with Gasteiger partial charge in [-0.05, 0) is 19.3 Å². The number of piperidine rings is 1. The molecule has 1 atom stereocenters. The van der Waals surface area contributed by atoms with Crippen molar-refractivity contribution in [3.8, 4) is 0 Å². The van der Waals surface area contributed by atoms with Gasteiger partial charge in [0.15, 0.2) is 0 Å². The molecule has 0 radical (unpaired) electrons. The summed E-state index contributed by atoms with van der Waals surface area (Å²) in [6.45, 7) is 0. The first-order valence-electron chi connectivity index (χ1n) is 6.99. The predicted octanol–water partition coefficient (Wildman–Crippen LogP) is -0.427. The van der Waals surface area contributed by atoms with Crippen LogP contribution in [0.5, 0.6) is 0 Å². The maximum Gasteiger partial charge on any atom is 0.257 e. The maximum absolute atomic E-state index is 12.6. The zero-order valence-electron chi connectivity index (χ0n) is 12.3. The molecule has 2 fully saturated rings. The van der Waals surface area contributed by atoms with Gasteiger partial charge in [0, 0.05) is 32.6 Å². The van der Waals surface area contributed by atoms with Crippen LogP contribution in [0, 0.1) is 5.92 Å². The Morgan fingerprint density at radius 2 is 2.05 bits per heavy atom. The molecule has 3 amide bonds. The summed E-state index contributed by atoms with van der Waals surface area (Å²) in [6.07, 6.45) is 3.81. The number of rotatable bonds is 4. The summed E-state index contributed by atoms with van der Waals surface area (Å²) in [6, 6.07) is -0.651. The Kier molecular flexibility index (Phi) is 4.40. The lowest BCUT2D eigenvalue weighted by molar-refractivity contribution is -0.142. The molecule has 1 aliphatic carbocycles. The third-order valence-corrected chi connectivity index (χ3v) is 3.88. The van der Waals surface area contributed by atoms with E-state index < -0.39 is 11.9 Å². The summed E-state index contributed by atoms with van der Waals surface area (Å²) in [5, 5.41) is 2.25. The Hall–Kier alpha value is -2.18. The quantitative estimate of drug-likeness (QED) is 0.417. The molecule has 7 heteroatoms. The number of nitrogens with one attached hydrogen (secondary N) is 1. The van der Waals surface area contributed by atoms with E-state index in [0.29, 0.717) is 17.7 Å². The van der Waals surface area contributed by atoms with Crippen molar-refractivity contribution < 1.29 is 14.4 Å². The van der Waals surface area contributed by atoms with E-state index in [4.69, 9.17) is 5.73 Å². The highest BCUT2D eigenvalue weighted by Gasteiger charge is 2.37. The van der Waals surface area contributed by atoms with Crippen molar-refractivity contribution in [1.29, 1.82) is 0 Å². The third kappa shape index (κ3) is 3.12. The number of carbonyl (C=O) groups excluding carboxylic acids is 3. The number of nitrogens with zero attached hydrogens (tertiary/aromatic N) is 2. The number of hydrogen-bond acceptors (Lipinski definition) is 5. The molecule has 2 rings (SSSR count). The smallest absolute Gasteiger partial charge is 0.257 e. The molecule has 0 spiro atoms. The number of nitrogens with two attached hydrogens (primary N) is 1. The second-order valence-electron chi connectivity index (χ2n) is 5.35. The summed E-state index contributed by atoms with van der Waals surface area (Å²) < 4.78 is 0. The van der Waals surface area contributed by atoms with Gasteiger partial charge in [0.1, 0.15) is 6.04 Å². The predicted molar refractivity (Wildman–Crippen MR) is 77.3 cm³/mol. The third-order valence-electron chi connectivity index (χ3n) is 3.88. The van der Waals surface area contributed by atoms with Crippen LogP contribution in [0.2, 0.25) is 0 Å². The molecular formula is C14H20N4O3. The lowest BCUT2D eigenvalue weighted by Crippen LogP contribution is -2.53. The second kappa shape index (κ2) is 6.07. The van der Waals surface area contributed by atoms with E-state index in [1.54, 1.807) is 14.1 Å². The fourth-order valence-electron chi connectivity index (χ4n) is 2.53. The van der Waals surface area contributed by atoms with E-state index in [-0.39, 0.29) is 24.2 Å². The van der Waals surface area contributed by atoms with E-state index in [2.05, 4.69) is 10.3 Å². The van der Waals surface area contributed by atoms with E-state index in [9.17, 15) is 14.4 Å². The molecule has 7 nitrogen and oxygen atoms in total. The van der Waals surface area contributed by atoms with E-state index in [1.807, 2.05) is 0 Å². The van der Waals surface area contributed by atoms with Crippen LogP contribution < -0.4 is 11.1 Å². The Balaban J connectivity index is 2.14. The Bertz CT molecular complexity index is 534. The lowest BCUT2D eigenvalue weighted by atomic mass is 10.0. The molecule has 0 aromatic carbocycles. The van der Waals surface area contributed by atoms with E-state index in [0.717, 1.165) is 12.8 Å². The van der Waals surface area contributed by atoms with Gasteiger partial charge in [-0.15, -0.1) is 0 Å². The topological polar surface area (TPSA) is 105 Å². The van der Waals surface area contributed by atoms with Gasteiger partial charge in [0.25, 0.3) is 5.91 Å². The fraction of sp³-hybridized carbons (Fsp3) is 0.571. The van der Waals surface area contributed by atoms with Crippen LogP contribution in [0.25, 0.3) is 0 Å². The van der Waals surface area contributed by atoms with Crippen molar-refractivity contribution in [2.24, 2.45) is 16.6 Å². The van der Waals surface area contributed by atoms with Crippen molar-refractivity contribution in [2.75, 3.05) is 14.1 Å². The van der Waals surface area contributed by atoms with E-state index >= 15 is 0 Å². The molecule has 1 unspecified atom stereocenters. The van der Waals surface area contributed by atoms with Crippen molar-refractivity contribution in [1.82, 2.24) is 10.2 Å². The Morgan fingerprint density at radius 1 is 1.38 bits per heavy atom. The molecule has 0 aromatic rings. The molecule has 114 valence electrons. The molecule has 0 aromatic heterocycles. The summed E-state index contributed by atoms with van der Waals surface area (Å²) >= 11 is 0. The summed E-state index contributed by atoms with van der Waals surface area (Å²) in [5.74, 6) is -0.802. The van der Waals surface area contributed by atoms with Crippen LogP contribution in [0.4, 0.5) is 0 Å². The van der Waals surface area contributed by atoms with Crippen molar-refractivity contribution in [2.45, 2.75) is 31.7 Å². The van der Waals surface area contributed by atoms with Crippen LogP contribution in [0.1, 0.15) is 25.7 Å². The number of carbonyl (C=O) groups is 3. The highest BCUT2D eigenvalue weighted by molar-refractivity contribution is 6.23. The summed E-state index contributed by atoms with van der Waals surface area (Å²) in [7, 11) is 3.18. The van der Waals surface area contributed by atoms with Crippen molar-refractivity contribution in [3.05, 3.63) is 11.8 Å². The van der Waals surface area contributed by atoms with Gasteiger partial charge in [0.05, 0.1) is 11.3 Å². The Morgan fingerprint density at radius 3 is 2.52 bits per heavy atom. The standard InChI is InChI=1S/C14H20N4O3/c1-16-12(8-3-4-8)9(7-15)14(21)18(2)10-5-6-11(19)17-13(10)20/h7-8,10H,3-6,15H2,1-2H3,(H,17,19,20). The summed E-state index contributed by atoms with van der Waals surface area (Å²) in [4.78, 5) is 41.1. The van der Waals surface area contributed by atoms with Gasteiger partial charge in [-0.25, -0.2) is 0 Å². The van der Waals surface area contributed by atoms with Gasteiger partial charge in [0.2, 0.25) is 11.8 Å². The van der Waals surface area contributed by atoms with E-state index in [1.165, 1.54) is 11.1 Å². The molecule has 1 saturated carbocycles. The van der Waals surface area contributed by atoms with Crippen molar-refractivity contribution >= 4 is 23.4 Å². The minimum absolute atomic E-state index is 0.229. The SMILES string of the molecule is CN=C(C(=CN)C(=O)N(C)C1CCC(=O)NC1=O)C1CC1. The lowest BCUT2D eigenvalue weighted by Gasteiger charge is -2.30. The van der Waals surface area contributed by atoms with Crippen LogP contribution in [-0.4, -0.2) is 48.5 Å². The maximum atomic E-state index is 12.6. The van der Waals surface area contributed by atoms with Crippen LogP contribution in [0.15, 0.2) is 16.8 Å².